The van der Waals surface area contributed by atoms with Gasteiger partial charge < -0.3 is 0 Å². The minimum atomic E-state index is -3.83. The fourth-order valence-electron chi connectivity index (χ4n) is 2.30. The van der Waals surface area contributed by atoms with Gasteiger partial charge in [0.05, 0.1) is 35.0 Å². The van der Waals surface area contributed by atoms with Crippen LogP contribution < -0.4 is 4.31 Å². The van der Waals surface area contributed by atoms with E-state index in [-0.39, 0.29) is 11.4 Å². The van der Waals surface area contributed by atoms with Gasteiger partial charge in [0, 0.05) is 6.20 Å². The Bertz CT molecular complexity index is 961. The molecule has 0 atom stereocenters. The summed E-state index contributed by atoms with van der Waals surface area (Å²) in [5.41, 5.74) is 1.57. The van der Waals surface area contributed by atoms with E-state index in [1.807, 2.05) is 36.4 Å². The number of sulfonamides is 1. The van der Waals surface area contributed by atoms with Crippen molar-refractivity contribution in [3.8, 4) is 6.07 Å². The monoisotopic (exact) mass is 338 g/mol. The van der Waals surface area contributed by atoms with Crippen LogP contribution in [0.25, 0.3) is 0 Å². The molecule has 0 fully saturated rings. The third kappa shape index (κ3) is 3.14. The third-order valence-electron chi connectivity index (χ3n) is 3.49. The number of H-pyrrole nitrogens is 1. The van der Waals surface area contributed by atoms with Crippen molar-refractivity contribution in [1.82, 2.24) is 10.2 Å². The molecule has 6 nitrogen and oxygen atoms in total. The molecule has 24 heavy (non-hydrogen) atoms. The van der Waals surface area contributed by atoms with Crippen molar-refractivity contribution in [2.45, 2.75) is 11.4 Å². The molecule has 2 aromatic carbocycles. The van der Waals surface area contributed by atoms with Gasteiger partial charge in [-0.3, -0.25) is 9.40 Å². The Morgan fingerprint density at radius 2 is 1.92 bits per heavy atom. The molecule has 3 aromatic rings. The second kappa shape index (κ2) is 6.56. The highest BCUT2D eigenvalue weighted by Crippen LogP contribution is 2.25. The Balaban J connectivity index is 2.06. The van der Waals surface area contributed by atoms with E-state index in [4.69, 9.17) is 5.26 Å². The van der Waals surface area contributed by atoms with Gasteiger partial charge in [0.15, 0.2) is 0 Å². The fourth-order valence-corrected chi connectivity index (χ4v) is 3.78. The Kier molecular flexibility index (Phi) is 4.31. The number of rotatable bonds is 5. The molecule has 1 aromatic heterocycles. The highest BCUT2D eigenvalue weighted by Gasteiger charge is 2.26. The molecule has 0 spiro atoms. The summed E-state index contributed by atoms with van der Waals surface area (Å²) in [4.78, 5) is 0.0682. The molecular weight excluding hydrogens is 324 g/mol. The van der Waals surface area contributed by atoms with Crippen LogP contribution in [0.15, 0.2) is 71.9 Å². The molecule has 0 radical (unpaired) electrons. The summed E-state index contributed by atoms with van der Waals surface area (Å²) in [5, 5.41) is 15.5. The zero-order valence-electron chi connectivity index (χ0n) is 12.6. The number of hydrogen-bond acceptors (Lipinski definition) is 4. The summed E-state index contributed by atoms with van der Waals surface area (Å²) in [6.45, 7) is 0.166. The van der Waals surface area contributed by atoms with Crippen LogP contribution in [-0.2, 0) is 16.6 Å². The zero-order chi connectivity index (χ0) is 17.0. The number of nitrogens with one attached hydrogen (secondary N) is 1. The molecule has 1 heterocycles. The smallest absolute Gasteiger partial charge is 0.264 e. The van der Waals surface area contributed by atoms with Gasteiger partial charge in [-0.2, -0.15) is 10.4 Å². The predicted molar refractivity (Wildman–Crippen MR) is 89.6 cm³/mol. The van der Waals surface area contributed by atoms with Gasteiger partial charge >= 0.3 is 0 Å². The number of hydrogen-bond donors (Lipinski definition) is 1. The van der Waals surface area contributed by atoms with Crippen molar-refractivity contribution in [3.63, 3.8) is 0 Å². The van der Waals surface area contributed by atoms with Crippen LogP contribution in [0.2, 0.25) is 0 Å². The highest BCUT2D eigenvalue weighted by atomic mass is 32.2. The van der Waals surface area contributed by atoms with Crippen LogP contribution in [-0.4, -0.2) is 18.6 Å². The first-order valence-electron chi connectivity index (χ1n) is 7.17. The lowest BCUT2D eigenvalue weighted by atomic mass is 10.2. The average Bonchev–Trinajstić information content (AvgIpc) is 3.14. The van der Waals surface area contributed by atoms with Crippen molar-refractivity contribution in [2.75, 3.05) is 4.31 Å². The van der Waals surface area contributed by atoms with Crippen molar-refractivity contribution in [3.05, 3.63) is 78.1 Å². The molecule has 120 valence electrons. The molecule has 0 aliphatic heterocycles. The molecule has 0 saturated carbocycles. The van der Waals surface area contributed by atoms with Crippen LogP contribution in [0, 0.1) is 11.3 Å². The maximum absolute atomic E-state index is 13.1. The van der Waals surface area contributed by atoms with Gasteiger partial charge in [0.25, 0.3) is 10.0 Å². The lowest BCUT2D eigenvalue weighted by molar-refractivity contribution is 0.590. The van der Waals surface area contributed by atoms with Crippen LogP contribution in [0.5, 0.6) is 0 Å². The fraction of sp³-hybridized carbons (Fsp3) is 0.0588. The van der Waals surface area contributed by atoms with Gasteiger partial charge in [-0.1, -0.05) is 36.4 Å². The van der Waals surface area contributed by atoms with Gasteiger partial charge in [-0.15, -0.1) is 0 Å². The number of anilines is 1. The second-order valence-electron chi connectivity index (χ2n) is 5.09. The number of aromatic nitrogens is 2. The first-order valence-corrected chi connectivity index (χ1v) is 8.61. The Labute approximate surface area is 140 Å². The first kappa shape index (κ1) is 15.8. The number of aromatic amines is 1. The molecular formula is C17H14N4O2S. The Morgan fingerprint density at radius 3 is 2.58 bits per heavy atom. The molecule has 0 saturated heterocycles. The standard InChI is InChI=1S/C17H14N4O2S/c18-10-15-7-4-8-17(9-15)24(22,23)21(16-11-19-20-12-16)13-14-5-2-1-3-6-14/h1-9,11-12H,13H2,(H,19,20). The van der Waals surface area contributed by atoms with E-state index in [0.717, 1.165) is 5.56 Å². The van der Waals surface area contributed by atoms with Gasteiger partial charge in [-0.05, 0) is 23.8 Å². The van der Waals surface area contributed by atoms with Crippen LogP contribution in [0.4, 0.5) is 5.69 Å². The number of benzene rings is 2. The first-order chi connectivity index (χ1) is 11.6. The normalized spacial score (nSPS) is 11.0. The topological polar surface area (TPSA) is 89.8 Å². The van der Waals surface area contributed by atoms with E-state index in [1.165, 1.54) is 28.8 Å². The summed E-state index contributed by atoms with van der Waals surface area (Å²) >= 11 is 0. The molecule has 7 heteroatoms. The van der Waals surface area contributed by atoms with E-state index in [1.54, 1.807) is 12.1 Å². The van der Waals surface area contributed by atoms with E-state index < -0.39 is 10.0 Å². The van der Waals surface area contributed by atoms with Crippen molar-refractivity contribution in [2.24, 2.45) is 0 Å². The van der Waals surface area contributed by atoms with Crippen molar-refractivity contribution >= 4 is 15.7 Å². The van der Waals surface area contributed by atoms with E-state index in [2.05, 4.69) is 10.2 Å². The molecule has 0 bridgehead atoms. The van der Waals surface area contributed by atoms with Crippen LogP contribution in [0.1, 0.15) is 11.1 Å². The molecule has 0 aliphatic carbocycles. The minimum Gasteiger partial charge on any atom is -0.284 e. The maximum atomic E-state index is 13.1. The lowest BCUT2D eigenvalue weighted by Crippen LogP contribution is -2.30. The van der Waals surface area contributed by atoms with Crippen molar-refractivity contribution in [1.29, 1.82) is 5.26 Å². The number of nitriles is 1. The minimum absolute atomic E-state index is 0.0682. The summed E-state index contributed by atoms with van der Waals surface area (Å²) < 4.78 is 27.4. The molecule has 0 aliphatic rings. The van der Waals surface area contributed by atoms with Gasteiger partial charge in [-0.25, -0.2) is 8.42 Å². The second-order valence-corrected chi connectivity index (χ2v) is 6.96. The van der Waals surface area contributed by atoms with Crippen LogP contribution >= 0.6 is 0 Å². The van der Waals surface area contributed by atoms with Gasteiger partial charge in [0.2, 0.25) is 0 Å². The predicted octanol–water partition coefficient (Wildman–Crippen LogP) is 2.68. The largest absolute Gasteiger partial charge is 0.284 e. The molecule has 1 N–H and O–H groups in total. The van der Waals surface area contributed by atoms with E-state index in [0.29, 0.717) is 11.3 Å². The Hall–Kier alpha value is -3.11. The SMILES string of the molecule is N#Cc1cccc(S(=O)(=O)N(Cc2ccccc2)c2cn[nH]c2)c1. The van der Waals surface area contributed by atoms with Crippen LogP contribution in [0.3, 0.4) is 0 Å². The molecule has 0 unspecified atom stereocenters. The summed E-state index contributed by atoms with van der Waals surface area (Å²) in [6.07, 6.45) is 2.98. The van der Waals surface area contributed by atoms with Crippen molar-refractivity contribution < 1.29 is 8.42 Å². The van der Waals surface area contributed by atoms with Gasteiger partial charge in [0.1, 0.15) is 0 Å². The molecule has 0 amide bonds. The quantitative estimate of drug-likeness (QED) is 0.774. The summed E-state index contributed by atoms with van der Waals surface area (Å²) in [6, 6.07) is 17.2. The van der Waals surface area contributed by atoms with E-state index in [9.17, 15) is 8.42 Å². The summed E-state index contributed by atoms with van der Waals surface area (Å²) in [5.74, 6) is 0. The van der Waals surface area contributed by atoms with E-state index >= 15 is 0 Å². The molecule has 3 rings (SSSR count). The zero-order valence-corrected chi connectivity index (χ0v) is 13.4. The lowest BCUT2D eigenvalue weighted by Gasteiger charge is -2.23. The third-order valence-corrected chi connectivity index (χ3v) is 5.26. The average molecular weight is 338 g/mol. The highest BCUT2D eigenvalue weighted by molar-refractivity contribution is 7.92. The maximum Gasteiger partial charge on any atom is 0.264 e. The summed E-state index contributed by atoms with van der Waals surface area (Å²) in [7, 11) is -3.83. The number of nitrogens with zero attached hydrogens (tertiary/aromatic N) is 3. The Morgan fingerprint density at radius 1 is 1.12 bits per heavy atom.